The van der Waals surface area contributed by atoms with Gasteiger partial charge < -0.3 is 15.0 Å². The van der Waals surface area contributed by atoms with Crippen LogP contribution in [0.1, 0.15) is 5.82 Å². The number of aliphatic imine (C=N–C) groups is 1. The molecule has 132 valence electrons. The minimum absolute atomic E-state index is 0. The van der Waals surface area contributed by atoms with Gasteiger partial charge in [0.15, 0.2) is 5.96 Å². The van der Waals surface area contributed by atoms with E-state index in [9.17, 15) is 4.39 Å². The molecule has 0 radical (unpaired) electrons. The Hall–Kier alpha value is -1.91. The van der Waals surface area contributed by atoms with Crippen LogP contribution in [0, 0.1) is 5.82 Å². The van der Waals surface area contributed by atoms with Crippen LogP contribution in [-0.2, 0) is 13.6 Å². The Bertz CT molecular complexity index is 646. The molecule has 2 aromatic rings. The number of aryl methyl sites for hydroxylation is 1. The van der Waals surface area contributed by atoms with Crippen LogP contribution in [0.5, 0.6) is 5.75 Å². The summed E-state index contributed by atoms with van der Waals surface area (Å²) in [6.45, 7) is 1.63. The average Bonchev–Trinajstić information content (AvgIpc) is 2.95. The lowest BCUT2D eigenvalue weighted by Crippen LogP contribution is -2.40. The van der Waals surface area contributed by atoms with Gasteiger partial charge in [0.2, 0.25) is 0 Å². The van der Waals surface area contributed by atoms with Crippen LogP contribution >= 0.6 is 24.0 Å². The zero-order chi connectivity index (χ0) is 16.7. The van der Waals surface area contributed by atoms with Crippen molar-refractivity contribution in [2.45, 2.75) is 6.54 Å². The van der Waals surface area contributed by atoms with Crippen molar-refractivity contribution in [3.05, 3.63) is 42.2 Å². The van der Waals surface area contributed by atoms with Gasteiger partial charge in [0.05, 0.1) is 13.1 Å². The first-order valence-corrected chi connectivity index (χ1v) is 7.23. The van der Waals surface area contributed by atoms with Crippen molar-refractivity contribution in [2.24, 2.45) is 12.0 Å². The third-order valence-corrected chi connectivity index (χ3v) is 3.29. The first kappa shape index (κ1) is 20.1. The molecule has 0 aliphatic carbocycles. The van der Waals surface area contributed by atoms with E-state index in [1.54, 1.807) is 23.9 Å². The number of guanidine groups is 1. The van der Waals surface area contributed by atoms with Crippen molar-refractivity contribution in [3.8, 4) is 5.75 Å². The molecule has 1 N–H and O–H groups in total. The largest absolute Gasteiger partial charge is 0.492 e. The standard InChI is InChI=1S/C15H21FN6O.HI/c1-17-15(18-10-14-19-11-20-22(14)3)21(2)8-9-23-13-6-4-12(16)5-7-13;/h4-7,11H,8-10H2,1-3H3,(H,17,18);1H. The van der Waals surface area contributed by atoms with Crippen molar-refractivity contribution < 1.29 is 9.13 Å². The fraction of sp³-hybridized carbons (Fsp3) is 0.400. The summed E-state index contributed by atoms with van der Waals surface area (Å²) in [5.74, 6) is 1.92. The van der Waals surface area contributed by atoms with E-state index in [-0.39, 0.29) is 29.8 Å². The number of nitrogens with one attached hydrogen (secondary N) is 1. The molecule has 9 heteroatoms. The molecule has 1 aromatic carbocycles. The van der Waals surface area contributed by atoms with Crippen molar-refractivity contribution in [1.82, 2.24) is 25.0 Å². The first-order chi connectivity index (χ1) is 11.1. The van der Waals surface area contributed by atoms with E-state index >= 15 is 0 Å². The lowest BCUT2D eigenvalue weighted by atomic mass is 10.3. The quantitative estimate of drug-likeness (QED) is 0.414. The Labute approximate surface area is 157 Å². The Morgan fingerprint density at radius 1 is 1.38 bits per heavy atom. The van der Waals surface area contributed by atoms with E-state index in [1.807, 2.05) is 19.0 Å². The first-order valence-electron chi connectivity index (χ1n) is 7.23. The van der Waals surface area contributed by atoms with E-state index in [1.165, 1.54) is 18.5 Å². The number of hydrogen-bond donors (Lipinski definition) is 1. The number of aromatic nitrogens is 3. The molecule has 0 aliphatic rings. The number of likely N-dealkylation sites (N-methyl/N-ethyl adjacent to an activating group) is 1. The number of benzene rings is 1. The fourth-order valence-electron chi connectivity index (χ4n) is 1.96. The van der Waals surface area contributed by atoms with Gasteiger partial charge in [-0.15, -0.1) is 24.0 Å². The third kappa shape index (κ3) is 5.95. The van der Waals surface area contributed by atoms with Crippen molar-refractivity contribution in [2.75, 3.05) is 27.2 Å². The lowest BCUT2D eigenvalue weighted by molar-refractivity contribution is 0.281. The topological polar surface area (TPSA) is 67.6 Å². The van der Waals surface area contributed by atoms with Gasteiger partial charge in [-0.25, -0.2) is 9.37 Å². The van der Waals surface area contributed by atoms with Gasteiger partial charge in [0.1, 0.15) is 30.3 Å². The van der Waals surface area contributed by atoms with E-state index < -0.39 is 0 Å². The van der Waals surface area contributed by atoms with Crippen LogP contribution in [0.3, 0.4) is 0 Å². The van der Waals surface area contributed by atoms with E-state index in [0.717, 1.165) is 11.8 Å². The second-order valence-corrected chi connectivity index (χ2v) is 4.92. The molecule has 24 heavy (non-hydrogen) atoms. The van der Waals surface area contributed by atoms with Crippen LogP contribution in [0.15, 0.2) is 35.6 Å². The monoisotopic (exact) mass is 448 g/mol. The highest BCUT2D eigenvalue weighted by Crippen LogP contribution is 2.10. The molecule has 0 saturated heterocycles. The molecule has 7 nitrogen and oxygen atoms in total. The highest BCUT2D eigenvalue weighted by Gasteiger charge is 2.07. The van der Waals surface area contributed by atoms with Gasteiger partial charge in [-0.05, 0) is 24.3 Å². The van der Waals surface area contributed by atoms with E-state index in [2.05, 4.69) is 20.4 Å². The number of nitrogens with zero attached hydrogens (tertiary/aromatic N) is 5. The summed E-state index contributed by atoms with van der Waals surface area (Å²) in [5.41, 5.74) is 0. The molecular formula is C15H22FIN6O. The van der Waals surface area contributed by atoms with Crippen molar-refractivity contribution in [3.63, 3.8) is 0 Å². The zero-order valence-electron chi connectivity index (χ0n) is 13.9. The second kappa shape index (κ2) is 10.1. The second-order valence-electron chi connectivity index (χ2n) is 4.92. The van der Waals surface area contributed by atoms with Gasteiger partial charge in [-0.2, -0.15) is 5.10 Å². The molecule has 0 atom stereocenters. The Balaban J connectivity index is 0.00000288. The smallest absolute Gasteiger partial charge is 0.193 e. The predicted molar refractivity (Wildman–Crippen MR) is 101 cm³/mol. The summed E-state index contributed by atoms with van der Waals surface area (Å²) in [7, 11) is 5.48. The van der Waals surface area contributed by atoms with Crippen LogP contribution < -0.4 is 10.1 Å². The lowest BCUT2D eigenvalue weighted by Gasteiger charge is -2.22. The molecule has 0 amide bonds. The molecule has 1 heterocycles. The molecule has 2 rings (SSSR count). The Kier molecular flexibility index (Phi) is 8.44. The number of rotatable bonds is 6. The predicted octanol–water partition coefficient (Wildman–Crippen LogP) is 1.66. The minimum Gasteiger partial charge on any atom is -0.492 e. The molecule has 0 unspecified atom stereocenters. The number of halogens is 2. The zero-order valence-corrected chi connectivity index (χ0v) is 16.3. The van der Waals surface area contributed by atoms with Gasteiger partial charge in [-0.1, -0.05) is 0 Å². The molecule has 0 saturated carbocycles. The summed E-state index contributed by atoms with van der Waals surface area (Å²) < 4.78 is 20.1. The average molecular weight is 448 g/mol. The summed E-state index contributed by atoms with van der Waals surface area (Å²) in [4.78, 5) is 10.3. The van der Waals surface area contributed by atoms with Crippen LogP contribution in [0.25, 0.3) is 0 Å². The van der Waals surface area contributed by atoms with Gasteiger partial charge >= 0.3 is 0 Å². The SMILES string of the molecule is CN=C(NCc1ncnn1C)N(C)CCOc1ccc(F)cc1.I. The normalized spacial score (nSPS) is 10.9. The summed E-state index contributed by atoms with van der Waals surface area (Å²) in [6, 6.07) is 5.97. The van der Waals surface area contributed by atoms with Gasteiger partial charge in [-0.3, -0.25) is 9.67 Å². The fourth-order valence-corrected chi connectivity index (χ4v) is 1.96. The Morgan fingerprint density at radius 2 is 2.08 bits per heavy atom. The molecular weight excluding hydrogens is 426 g/mol. The van der Waals surface area contributed by atoms with Crippen LogP contribution in [0.2, 0.25) is 0 Å². The number of hydrogen-bond acceptors (Lipinski definition) is 4. The maximum Gasteiger partial charge on any atom is 0.193 e. The maximum atomic E-state index is 12.8. The van der Waals surface area contributed by atoms with Crippen LogP contribution in [0.4, 0.5) is 4.39 Å². The van der Waals surface area contributed by atoms with Gasteiger partial charge in [0.25, 0.3) is 0 Å². The molecule has 0 spiro atoms. The molecule has 0 bridgehead atoms. The highest BCUT2D eigenvalue weighted by molar-refractivity contribution is 14.0. The maximum absolute atomic E-state index is 12.8. The van der Waals surface area contributed by atoms with E-state index in [4.69, 9.17) is 4.74 Å². The minimum atomic E-state index is -0.275. The Morgan fingerprint density at radius 3 is 2.67 bits per heavy atom. The molecule has 1 aromatic heterocycles. The van der Waals surface area contributed by atoms with Crippen molar-refractivity contribution in [1.29, 1.82) is 0 Å². The number of ether oxygens (including phenoxy) is 1. The molecule has 0 fully saturated rings. The summed E-state index contributed by atoms with van der Waals surface area (Å²) >= 11 is 0. The van der Waals surface area contributed by atoms with E-state index in [0.29, 0.717) is 25.4 Å². The van der Waals surface area contributed by atoms with Gasteiger partial charge in [0, 0.05) is 21.1 Å². The third-order valence-electron chi connectivity index (χ3n) is 3.29. The summed E-state index contributed by atoms with van der Waals surface area (Å²) in [6.07, 6.45) is 1.51. The van der Waals surface area contributed by atoms with Crippen LogP contribution in [-0.4, -0.2) is 52.9 Å². The highest BCUT2D eigenvalue weighted by atomic mass is 127. The summed E-state index contributed by atoms with van der Waals surface area (Å²) in [5, 5.41) is 7.24. The molecule has 0 aliphatic heterocycles. The van der Waals surface area contributed by atoms with Crippen molar-refractivity contribution >= 4 is 29.9 Å².